The van der Waals surface area contributed by atoms with Gasteiger partial charge in [0.05, 0.1) is 6.10 Å². The molecule has 0 aliphatic carbocycles. The van der Waals surface area contributed by atoms with E-state index in [1.807, 2.05) is 13.1 Å². The molecule has 1 aromatic carbocycles. The van der Waals surface area contributed by atoms with Crippen molar-refractivity contribution in [2.24, 2.45) is 4.99 Å². The molecular formula is C25H26FN5O4. The van der Waals surface area contributed by atoms with Crippen molar-refractivity contribution in [3.8, 4) is 5.75 Å². The van der Waals surface area contributed by atoms with Crippen molar-refractivity contribution in [3.63, 3.8) is 0 Å². The standard InChI is InChI=1S/C25H26FN5O4/c1-31-11-8-18(9-12-31)34-25(33)30-21-22(32)20(13-15-14-28-23-19(15)3-2-10-27-23)35-24(21)29-17-6-4-16(26)5-7-17/h2-7,10,13-14,18,25,29-30,32-33H,8-9,11-12H2,1H3. The van der Waals surface area contributed by atoms with Crippen LogP contribution in [0.1, 0.15) is 24.2 Å². The Bertz CT molecular complexity index is 1250. The highest BCUT2D eigenvalue weighted by molar-refractivity contribution is 6.21. The second-order valence-corrected chi connectivity index (χ2v) is 8.52. The number of hydrogen-bond acceptors (Lipinski definition) is 9. The number of nitrogens with one attached hydrogen (secondary N) is 2. The van der Waals surface area contributed by atoms with Crippen molar-refractivity contribution in [1.82, 2.24) is 9.88 Å². The van der Waals surface area contributed by atoms with Crippen LogP contribution in [0.15, 0.2) is 52.0 Å². The lowest BCUT2D eigenvalue weighted by molar-refractivity contribution is -0.130. The van der Waals surface area contributed by atoms with E-state index in [-0.39, 0.29) is 35.0 Å². The summed E-state index contributed by atoms with van der Waals surface area (Å²) >= 11 is 0. The third-order valence-corrected chi connectivity index (χ3v) is 5.98. The van der Waals surface area contributed by atoms with E-state index in [1.54, 1.807) is 24.6 Å². The molecule has 2 aliphatic heterocycles. The molecule has 2 aliphatic rings. The number of aromatic hydroxyl groups is 1. The normalized spacial score (nSPS) is 18.1. The van der Waals surface area contributed by atoms with Gasteiger partial charge in [0.2, 0.25) is 12.3 Å². The van der Waals surface area contributed by atoms with Crippen LogP contribution in [0.4, 0.5) is 27.5 Å². The molecule has 10 heteroatoms. The molecular weight excluding hydrogens is 453 g/mol. The van der Waals surface area contributed by atoms with Crippen LogP contribution in [-0.2, 0) is 4.74 Å². The molecule has 1 atom stereocenters. The van der Waals surface area contributed by atoms with E-state index >= 15 is 0 Å². The molecule has 4 heterocycles. The zero-order chi connectivity index (χ0) is 24.4. The molecule has 2 aromatic heterocycles. The molecule has 1 saturated heterocycles. The van der Waals surface area contributed by atoms with Crippen LogP contribution in [0, 0.1) is 5.82 Å². The highest BCUT2D eigenvalue weighted by Gasteiger charge is 2.25. The molecule has 1 unspecified atom stereocenters. The summed E-state index contributed by atoms with van der Waals surface area (Å²) in [6.45, 7) is 1.75. The number of hydrogen-bond donors (Lipinski definition) is 4. The fraction of sp³-hybridized carbons (Fsp3) is 0.280. The minimum absolute atomic E-state index is 0.114. The molecule has 5 rings (SSSR count). The number of likely N-dealkylation sites (tertiary alicyclic amines) is 1. The number of aliphatic imine (C=N–C) groups is 1. The van der Waals surface area contributed by atoms with Gasteiger partial charge >= 0.3 is 0 Å². The van der Waals surface area contributed by atoms with E-state index < -0.39 is 6.41 Å². The number of benzene rings is 1. The minimum atomic E-state index is -1.38. The van der Waals surface area contributed by atoms with Gasteiger partial charge in [0.1, 0.15) is 11.5 Å². The number of fused-ring (bicyclic) bond motifs is 1. The van der Waals surface area contributed by atoms with Gasteiger partial charge in [-0.25, -0.2) is 14.4 Å². The summed E-state index contributed by atoms with van der Waals surface area (Å²) in [5.74, 6) is 0.250. The van der Waals surface area contributed by atoms with Gasteiger partial charge in [-0.05, 0) is 62.4 Å². The summed E-state index contributed by atoms with van der Waals surface area (Å²) in [6, 6.07) is 9.35. The SMILES string of the molecule is CN1CCC(OC(O)Nc2c(Nc3ccc(F)cc3)oc(C=C3C=Nc4ncccc43)c2O)CC1. The minimum Gasteiger partial charge on any atom is -0.503 e. The molecule has 0 spiro atoms. The first-order chi connectivity index (χ1) is 17.0. The number of rotatable bonds is 7. The molecule has 0 bridgehead atoms. The molecule has 182 valence electrons. The van der Waals surface area contributed by atoms with Crippen molar-refractivity contribution in [3.05, 3.63) is 59.7 Å². The first kappa shape index (κ1) is 23.0. The summed E-state index contributed by atoms with van der Waals surface area (Å²) in [6.07, 6.45) is 5.02. The smallest absolute Gasteiger partial charge is 0.235 e. The monoisotopic (exact) mass is 479 g/mol. The first-order valence-electron chi connectivity index (χ1n) is 11.3. The summed E-state index contributed by atoms with van der Waals surface area (Å²) in [4.78, 5) is 10.7. The van der Waals surface area contributed by atoms with E-state index in [4.69, 9.17) is 9.15 Å². The number of nitrogens with zero attached hydrogens (tertiary/aromatic N) is 3. The van der Waals surface area contributed by atoms with E-state index in [0.717, 1.165) is 31.5 Å². The van der Waals surface area contributed by atoms with Gasteiger partial charge in [-0.15, -0.1) is 0 Å². The van der Waals surface area contributed by atoms with Crippen LogP contribution in [0.25, 0.3) is 11.6 Å². The molecule has 3 aromatic rings. The number of anilines is 3. The van der Waals surface area contributed by atoms with Crippen LogP contribution in [0.5, 0.6) is 5.75 Å². The number of piperidine rings is 1. The third kappa shape index (κ3) is 5.19. The van der Waals surface area contributed by atoms with Gasteiger partial charge in [-0.1, -0.05) is 0 Å². The predicted octanol–water partition coefficient (Wildman–Crippen LogP) is 4.32. The molecule has 0 radical (unpaired) electrons. The number of halogens is 1. The van der Waals surface area contributed by atoms with Crippen LogP contribution in [0.3, 0.4) is 0 Å². The van der Waals surface area contributed by atoms with Gasteiger partial charge in [0, 0.05) is 42.3 Å². The average molecular weight is 480 g/mol. The lowest BCUT2D eigenvalue weighted by Gasteiger charge is -2.30. The molecule has 9 nitrogen and oxygen atoms in total. The number of furan rings is 1. The second-order valence-electron chi connectivity index (χ2n) is 8.52. The molecule has 4 N–H and O–H groups in total. The van der Waals surface area contributed by atoms with Crippen molar-refractivity contribution in [2.75, 3.05) is 30.8 Å². The van der Waals surface area contributed by atoms with Crippen LogP contribution in [0.2, 0.25) is 0 Å². The number of aliphatic hydroxyl groups excluding tert-OH is 1. The van der Waals surface area contributed by atoms with Crippen LogP contribution in [-0.4, -0.2) is 59.0 Å². The number of aromatic nitrogens is 1. The topological polar surface area (TPSA) is 115 Å². The Kier molecular flexibility index (Phi) is 6.49. The van der Waals surface area contributed by atoms with Gasteiger partial charge in [0.25, 0.3) is 0 Å². The highest BCUT2D eigenvalue weighted by Crippen LogP contribution is 2.43. The fourth-order valence-corrected chi connectivity index (χ4v) is 4.07. The molecule has 1 fully saturated rings. The number of ether oxygens (including phenoxy) is 1. The Balaban J connectivity index is 1.42. The van der Waals surface area contributed by atoms with Crippen molar-refractivity contribution in [2.45, 2.75) is 25.4 Å². The number of pyridine rings is 1. The van der Waals surface area contributed by atoms with Gasteiger partial charge in [0.15, 0.2) is 17.3 Å². The van der Waals surface area contributed by atoms with Crippen molar-refractivity contribution in [1.29, 1.82) is 0 Å². The summed E-state index contributed by atoms with van der Waals surface area (Å²) < 4.78 is 25.0. The first-order valence-corrected chi connectivity index (χ1v) is 11.3. The zero-order valence-corrected chi connectivity index (χ0v) is 19.1. The fourth-order valence-electron chi connectivity index (χ4n) is 4.07. The Labute approximate surface area is 201 Å². The van der Waals surface area contributed by atoms with E-state index in [2.05, 4.69) is 25.5 Å². The third-order valence-electron chi connectivity index (χ3n) is 5.98. The maximum absolute atomic E-state index is 13.4. The van der Waals surface area contributed by atoms with E-state index in [0.29, 0.717) is 17.1 Å². The highest BCUT2D eigenvalue weighted by atomic mass is 19.1. The lowest BCUT2D eigenvalue weighted by atomic mass is 10.1. The molecule has 35 heavy (non-hydrogen) atoms. The Morgan fingerprint density at radius 3 is 2.77 bits per heavy atom. The Hall–Kier alpha value is -3.73. The predicted molar refractivity (Wildman–Crippen MR) is 132 cm³/mol. The van der Waals surface area contributed by atoms with Gasteiger partial charge in [-0.2, -0.15) is 0 Å². The van der Waals surface area contributed by atoms with Gasteiger partial charge < -0.3 is 34.9 Å². The number of allylic oxidation sites excluding steroid dienone is 1. The molecule has 0 amide bonds. The van der Waals surface area contributed by atoms with Crippen molar-refractivity contribution >= 4 is 40.9 Å². The van der Waals surface area contributed by atoms with Crippen LogP contribution >= 0.6 is 0 Å². The summed E-state index contributed by atoms with van der Waals surface area (Å²) in [5, 5.41) is 27.4. The van der Waals surface area contributed by atoms with Gasteiger partial charge in [-0.3, -0.25) is 0 Å². The maximum Gasteiger partial charge on any atom is 0.235 e. The molecule has 0 saturated carbocycles. The average Bonchev–Trinajstić information content (AvgIpc) is 3.39. The zero-order valence-electron chi connectivity index (χ0n) is 19.1. The second kappa shape index (κ2) is 9.87. The quantitative estimate of drug-likeness (QED) is 0.371. The van der Waals surface area contributed by atoms with E-state index in [1.165, 1.54) is 24.3 Å². The summed E-state index contributed by atoms with van der Waals surface area (Å²) in [7, 11) is 2.04. The maximum atomic E-state index is 13.4. The Morgan fingerprint density at radius 2 is 2.00 bits per heavy atom. The number of aliphatic hydroxyl groups is 1. The van der Waals surface area contributed by atoms with E-state index in [9.17, 15) is 14.6 Å². The largest absolute Gasteiger partial charge is 0.503 e. The summed E-state index contributed by atoms with van der Waals surface area (Å²) in [5.41, 5.74) is 2.16. The van der Waals surface area contributed by atoms with Crippen LogP contribution < -0.4 is 10.6 Å². The Morgan fingerprint density at radius 1 is 1.23 bits per heavy atom. The van der Waals surface area contributed by atoms with Crippen molar-refractivity contribution < 1.29 is 23.8 Å². The lowest BCUT2D eigenvalue weighted by Crippen LogP contribution is -2.38.